The van der Waals surface area contributed by atoms with Gasteiger partial charge in [-0.2, -0.15) is 0 Å². The van der Waals surface area contributed by atoms with E-state index in [0.29, 0.717) is 27.0 Å². The SMILES string of the molecule is O=C(COc1ccc(Cl)c(Cl)c1)Nc1ccccc1C(=O)NC1CCCC1. The molecular weight excluding hydrogens is 387 g/mol. The first-order valence-corrected chi connectivity index (χ1v) is 9.56. The van der Waals surface area contributed by atoms with Crippen LogP contribution in [0, 0.1) is 0 Å². The summed E-state index contributed by atoms with van der Waals surface area (Å²) < 4.78 is 5.43. The first-order chi connectivity index (χ1) is 13.0. The molecule has 0 heterocycles. The molecule has 142 valence electrons. The Kier molecular flexibility index (Phi) is 6.58. The summed E-state index contributed by atoms with van der Waals surface area (Å²) in [7, 11) is 0. The zero-order valence-corrected chi connectivity index (χ0v) is 16.1. The van der Waals surface area contributed by atoms with Crippen LogP contribution >= 0.6 is 23.2 Å². The molecule has 0 unspecified atom stereocenters. The van der Waals surface area contributed by atoms with Crippen LogP contribution in [0.15, 0.2) is 42.5 Å². The van der Waals surface area contributed by atoms with Gasteiger partial charge in [-0.05, 0) is 37.1 Å². The molecule has 5 nitrogen and oxygen atoms in total. The van der Waals surface area contributed by atoms with E-state index < -0.39 is 0 Å². The molecule has 2 N–H and O–H groups in total. The summed E-state index contributed by atoms with van der Waals surface area (Å²) in [5.74, 6) is -0.114. The number of rotatable bonds is 6. The fourth-order valence-electron chi connectivity index (χ4n) is 3.03. The van der Waals surface area contributed by atoms with Crippen molar-refractivity contribution in [3.8, 4) is 5.75 Å². The standard InChI is InChI=1S/C20H20Cl2N2O3/c21-16-10-9-14(11-17(16)22)27-12-19(25)24-18-8-4-3-7-15(18)20(26)23-13-5-1-2-6-13/h3-4,7-11,13H,1-2,5-6,12H2,(H,23,26)(H,24,25). The summed E-state index contributed by atoms with van der Waals surface area (Å²) in [6.07, 6.45) is 4.26. The van der Waals surface area contributed by atoms with Crippen LogP contribution < -0.4 is 15.4 Å². The minimum atomic E-state index is -0.373. The highest BCUT2D eigenvalue weighted by Crippen LogP contribution is 2.26. The first-order valence-electron chi connectivity index (χ1n) is 8.80. The summed E-state index contributed by atoms with van der Waals surface area (Å²) in [4.78, 5) is 24.8. The molecular formula is C20H20Cl2N2O3. The van der Waals surface area contributed by atoms with Gasteiger partial charge in [0, 0.05) is 12.1 Å². The average Bonchev–Trinajstić information content (AvgIpc) is 3.16. The smallest absolute Gasteiger partial charge is 0.262 e. The van der Waals surface area contributed by atoms with Gasteiger partial charge in [0.1, 0.15) is 5.75 Å². The van der Waals surface area contributed by atoms with Gasteiger partial charge >= 0.3 is 0 Å². The minimum Gasteiger partial charge on any atom is -0.484 e. The second-order valence-corrected chi connectivity index (χ2v) is 7.23. The molecule has 0 spiro atoms. The van der Waals surface area contributed by atoms with E-state index in [-0.39, 0.29) is 24.5 Å². The lowest BCUT2D eigenvalue weighted by atomic mass is 10.1. The average molecular weight is 407 g/mol. The van der Waals surface area contributed by atoms with Crippen molar-refractivity contribution in [3.63, 3.8) is 0 Å². The molecule has 1 aliphatic carbocycles. The van der Waals surface area contributed by atoms with Crippen LogP contribution in [0.5, 0.6) is 5.75 Å². The van der Waals surface area contributed by atoms with Gasteiger partial charge in [-0.1, -0.05) is 48.2 Å². The lowest BCUT2D eigenvalue weighted by Gasteiger charge is -2.15. The van der Waals surface area contributed by atoms with Crippen LogP contribution in [-0.2, 0) is 4.79 Å². The highest BCUT2D eigenvalue weighted by Gasteiger charge is 2.20. The number of ether oxygens (including phenoxy) is 1. The van der Waals surface area contributed by atoms with Gasteiger partial charge < -0.3 is 15.4 Å². The molecule has 7 heteroatoms. The van der Waals surface area contributed by atoms with Crippen molar-refractivity contribution in [2.75, 3.05) is 11.9 Å². The maximum Gasteiger partial charge on any atom is 0.262 e. The number of amides is 2. The topological polar surface area (TPSA) is 67.4 Å². The van der Waals surface area contributed by atoms with E-state index >= 15 is 0 Å². The zero-order valence-electron chi connectivity index (χ0n) is 14.6. The van der Waals surface area contributed by atoms with Crippen molar-refractivity contribution in [1.82, 2.24) is 5.32 Å². The predicted molar refractivity (Wildman–Crippen MR) is 107 cm³/mol. The third-order valence-electron chi connectivity index (χ3n) is 4.40. The molecule has 1 aliphatic rings. The number of carbonyl (C=O) groups is 2. The summed E-state index contributed by atoms with van der Waals surface area (Å²) in [5.41, 5.74) is 0.892. The first kappa shape index (κ1) is 19.5. The summed E-state index contributed by atoms with van der Waals surface area (Å²) in [6.45, 7) is -0.212. The van der Waals surface area contributed by atoms with Crippen LogP contribution in [-0.4, -0.2) is 24.5 Å². The van der Waals surface area contributed by atoms with E-state index in [1.54, 1.807) is 42.5 Å². The Hall–Kier alpha value is -2.24. The molecule has 2 aromatic carbocycles. The van der Waals surface area contributed by atoms with Gasteiger partial charge in [-0.15, -0.1) is 0 Å². The summed E-state index contributed by atoms with van der Waals surface area (Å²) in [5, 5.41) is 6.52. The monoisotopic (exact) mass is 406 g/mol. The molecule has 27 heavy (non-hydrogen) atoms. The maximum absolute atomic E-state index is 12.5. The van der Waals surface area contributed by atoms with E-state index in [9.17, 15) is 9.59 Å². The number of anilines is 1. The van der Waals surface area contributed by atoms with Crippen molar-refractivity contribution in [1.29, 1.82) is 0 Å². The number of hydrogen-bond donors (Lipinski definition) is 2. The lowest BCUT2D eigenvalue weighted by molar-refractivity contribution is -0.118. The maximum atomic E-state index is 12.5. The second-order valence-electron chi connectivity index (χ2n) is 6.41. The minimum absolute atomic E-state index is 0.178. The molecule has 0 aromatic heterocycles. The second kappa shape index (κ2) is 9.11. The molecule has 2 aromatic rings. The Bertz CT molecular complexity index is 836. The molecule has 1 fully saturated rings. The Morgan fingerprint density at radius 3 is 2.52 bits per heavy atom. The van der Waals surface area contributed by atoms with Gasteiger partial charge in [0.05, 0.1) is 21.3 Å². The Morgan fingerprint density at radius 1 is 1.04 bits per heavy atom. The summed E-state index contributed by atoms with van der Waals surface area (Å²) in [6, 6.07) is 11.9. The molecule has 0 bridgehead atoms. The van der Waals surface area contributed by atoms with Crippen LogP contribution in [0.25, 0.3) is 0 Å². The van der Waals surface area contributed by atoms with Crippen molar-refractivity contribution in [3.05, 3.63) is 58.1 Å². The van der Waals surface area contributed by atoms with Crippen LogP contribution in [0.1, 0.15) is 36.0 Å². The van der Waals surface area contributed by atoms with Crippen LogP contribution in [0.4, 0.5) is 5.69 Å². The van der Waals surface area contributed by atoms with E-state index in [1.165, 1.54) is 0 Å². The van der Waals surface area contributed by atoms with Crippen molar-refractivity contribution < 1.29 is 14.3 Å². The normalized spacial score (nSPS) is 14.0. The van der Waals surface area contributed by atoms with Gasteiger partial charge in [-0.3, -0.25) is 9.59 Å². The van der Waals surface area contributed by atoms with Gasteiger partial charge in [0.25, 0.3) is 11.8 Å². The van der Waals surface area contributed by atoms with Gasteiger partial charge in [0.15, 0.2) is 6.61 Å². The molecule has 2 amide bonds. The van der Waals surface area contributed by atoms with Crippen molar-refractivity contribution in [2.45, 2.75) is 31.7 Å². The number of para-hydroxylation sites is 1. The van der Waals surface area contributed by atoms with Gasteiger partial charge in [0.2, 0.25) is 0 Å². The Balaban J connectivity index is 1.60. The summed E-state index contributed by atoms with van der Waals surface area (Å²) >= 11 is 11.8. The number of nitrogens with one attached hydrogen (secondary N) is 2. The fourth-order valence-corrected chi connectivity index (χ4v) is 3.31. The largest absolute Gasteiger partial charge is 0.484 e. The molecule has 1 saturated carbocycles. The van der Waals surface area contributed by atoms with Crippen molar-refractivity contribution >= 4 is 40.7 Å². The zero-order chi connectivity index (χ0) is 19.2. The van der Waals surface area contributed by atoms with E-state index in [1.807, 2.05) is 0 Å². The third-order valence-corrected chi connectivity index (χ3v) is 5.14. The lowest BCUT2D eigenvalue weighted by Crippen LogP contribution is -2.33. The number of carbonyl (C=O) groups excluding carboxylic acids is 2. The molecule has 0 saturated heterocycles. The Morgan fingerprint density at radius 2 is 1.78 bits per heavy atom. The third kappa shape index (κ3) is 5.37. The van der Waals surface area contributed by atoms with E-state index in [2.05, 4.69) is 10.6 Å². The number of halogens is 2. The van der Waals surface area contributed by atoms with Crippen LogP contribution in [0.2, 0.25) is 10.0 Å². The number of benzene rings is 2. The Labute approximate surface area is 168 Å². The quantitative estimate of drug-likeness (QED) is 0.731. The van der Waals surface area contributed by atoms with E-state index in [4.69, 9.17) is 27.9 Å². The van der Waals surface area contributed by atoms with Crippen LogP contribution in [0.3, 0.4) is 0 Å². The molecule has 0 atom stereocenters. The molecule has 0 radical (unpaired) electrons. The van der Waals surface area contributed by atoms with Gasteiger partial charge in [-0.25, -0.2) is 0 Å². The predicted octanol–water partition coefficient (Wildman–Crippen LogP) is 4.68. The highest BCUT2D eigenvalue weighted by molar-refractivity contribution is 6.42. The fraction of sp³-hybridized carbons (Fsp3) is 0.300. The molecule has 0 aliphatic heterocycles. The highest BCUT2D eigenvalue weighted by atomic mass is 35.5. The molecule has 3 rings (SSSR count). The van der Waals surface area contributed by atoms with E-state index in [0.717, 1.165) is 25.7 Å². The number of hydrogen-bond acceptors (Lipinski definition) is 3. The van der Waals surface area contributed by atoms with Crippen molar-refractivity contribution in [2.24, 2.45) is 0 Å².